The fraction of sp³-hybridized carbons (Fsp3) is 0.519. The van der Waals surface area contributed by atoms with E-state index >= 15 is 0 Å². The first-order valence-electron chi connectivity index (χ1n) is 13.0. The maximum Gasteiger partial charge on any atom is 0.257 e. The van der Waals surface area contributed by atoms with Crippen LogP contribution < -0.4 is 20.3 Å². The highest BCUT2D eigenvalue weighted by Gasteiger charge is 2.30. The molecule has 2 aliphatic rings. The van der Waals surface area contributed by atoms with E-state index in [4.69, 9.17) is 4.74 Å². The van der Waals surface area contributed by atoms with Gasteiger partial charge < -0.3 is 20.3 Å². The molecule has 1 fully saturated rings. The highest BCUT2D eigenvalue weighted by atomic mass is 32.2. The zero-order valence-electron chi connectivity index (χ0n) is 22.1. The summed E-state index contributed by atoms with van der Waals surface area (Å²) in [6.07, 6.45) is 1.89. The van der Waals surface area contributed by atoms with Gasteiger partial charge in [0, 0.05) is 66.0 Å². The average Bonchev–Trinajstić information content (AvgIpc) is 2.89. The molecule has 1 unspecified atom stereocenters. The van der Waals surface area contributed by atoms with Gasteiger partial charge in [-0.3, -0.25) is 9.69 Å². The Kier molecular flexibility index (Phi) is 9.07. The van der Waals surface area contributed by atoms with Crippen LogP contribution in [0.3, 0.4) is 0 Å². The lowest BCUT2D eigenvalue weighted by atomic mass is 10.00. The summed E-state index contributed by atoms with van der Waals surface area (Å²) in [7, 11) is -0.791. The fourth-order valence-corrected chi connectivity index (χ4v) is 6.14. The first kappa shape index (κ1) is 27.4. The van der Waals surface area contributed by atoms with Gasteiger partial charge in [0.15, 0.2) is 6.61 Å². The summed E-state index contributed by atoms with van der Waals surface area (Å²) >= 11 is 0. The lowest BCUT2D eigenvalue weighted by Gasteiger charge is -2.35. The Morgan fingerprint density at radius 1 is 1.14 bits per heavy atom. The van der Waals surface area contributed by atoms with Crippen molar-refractivity contribution in [2.24, 2.45) is 0 Å². The van der Waals surface area contributed by atoms with Crippen LogP contribution in [-0.2, 0) is 27.8 Å². The van der Waals surface area contributed by atoms with Crippen molar-refractivity contribution in [3.63, 3.8) is 0 Å². The number of carbonyl (C=O) groups is 1. The van der Waals surface area contributed by atoms with Crippen molar-refractivity contribution < 1.29 is 17.9 Å². The fourth-order valence-electron chi connectivity index (χ4n) is 4.93. The number of amides is 1. The maximum absolute atomic E-state index is 13.3. The standard InChI is InChI=1S/C27H39N5O4S/c1-21-18-32(17-14-28-21)24-10-6-11-25(27(24)37(34,35)30(2)3)36-20-26(33)29-13-7-15-31-16-12-22-8-4-5-9-23(22)19-31/h4-6,8-11,21,28H,7,12-20H2,1-3H3,(H,29,33). The molecule has 1 atom stereocenters. The smallest absolute Gasteiger partial charge is 0.257 e. The number of anilines is 1. The van der Waals surface area contributed by atoms with Crippen LogP contribution >= 0.6 is 0 Å². The quantitative estimate of drug-likeness (QED) is 0.453. The molecule has 0 spiro atoms. The average molecular weight is 530 g/mol. The molecule has 2 aromatic carbocycles. The van der Waals surface area contributed by atoms with Crippen LogP contribution in [0.1, 0.15) is 24.5 Å². The summed E-state index contributed by atoms with van der Waals surface area (Å²) in [5.74, 6) is -0.0714. The lowest BCUT2D eigenvalue weighted by molar-refractivity contribution is -0.123. The Bertz CT molecular complexity index is 1190. The minimum absolute atomic E-state index is 0.104. The molecule has 2 aliphatic heterocycles. The van der Waals surface area contributed by atoms with E-state index in [-0.39, 0.29) is 29.2 Å². The first-order valence-corrected chi connectivity index (χ1v) is 14.4. The predicted octanol–water partition coefficient (Wildman–Crippen LogP) is 1.68. The van der Waals surface area contributed by atoms with Crippen LogP contribution in [0.15, 0.2) is 47.4 Å². The lowest BCUT2D eigenvalue weighted by Crippen LogP contribution is -2.49. The third-order valence-electron chi connectivity index (χ3n) is 6.95. The highest BCUT2D eigenvalue weighted by Crippen LogP contribution is 2.36. The maximum atomic E-state index is 13.3. The van der Waals surface area contributed by atoms with Gasteiger partial charge in [-0.25, -0.2) is 12.7 Å². The molecule has 2 N–H and O–H groups in total. The Balaban J connectivity index is 1.33. The van der Waals surface area contributed by atoms with Crippen LogP contribution in [0.2, 0.25) is 0 Å². The van der Waals surface area contributed by atoms with E-state index in [0.29, 0.717) is 25.3 Å². The van der Waals surface area contributed by atoms with E-state index in [9.17, 15) is 13.2 Å². The van der Waals surface area contributed by atoms with Crippen molar-refractivity contribution in [3.8, 4) is 5.75 Å². The van der Waals surface area contributed by atoms with E-state index < -0.39 is 10.0 Å². The summed E-state index contributed by atoms with van der Waals surface area (Å²) in [5, 5.41) is 6.29. The van der Waals surface area contributed by atoms with Gasteiger partial charge in [-0.2, -0.15) is 0 Å². The molecule has 2 heterocycles. The number of ether oxygens (including phenoxy) is 1. The number of benzene rings is 2. The summed E-state index contributed by atoms with van der Waals surface area (Å²) < 4.78 is 33.6. The number of nitrogens with zero attached hydrogens (tertiary/aromatic N) is 3. The molecule has 37 heavy (non-hydrogen) atoms. The molecule has 202 valence electrons. The molecule has 1 saturated heterocycles. The highest BCUT2D eigenvalue weighted by molar-refractivity contribution is 7.89. The number of nitrogens with one attached hydrogen (secondary N) is 2. The molecule has 4 rings (SSSR count). The second-order valence-electron chi connectivity index (χ2n) is 9.98. The van der Waals surface area contributed by atoms with Gasteiger partial charge in [-0.15, -0.1) is 0 Å². The van der Waals surface area contributed by atoms with Crippen molar-refractivity contribution in [1.82, 2.24) is 19.8 Å². The van der Waals surface area contributed by atoms with E-state index in [2.05, 4.69) is 51.6 Å². The van der Waals surface area contributed by atoms with E-state index in [1.165, 1.54) is 29.5 Å². The Labute approximate surface area is 220 Å². The second kappa shape index (κ2) is 12.3. The van der Waals surface area contributed by atoms with Gasteiger partial charge in [-0.05, 0) is 43.0 Å². The van der Waals surface area contributed by atoms with Crippen LogP contribution in [0.5, 0.6) is 5.75 Å². The minimum Gasteiger partial charge on any atom is -0.482 e. The van der Waals surface area contributed by atoms with Crippen LogP contribution in [0, 0.1) is 0 Å². The Hall–Kier alpha value is -2.66. The monoisotopic (exact) mass is 529 g/mol. The number of hydrogen-bond acceptors (Lipinski definition) is 7. The van der Waals surface area contributed by atoms with Gasteiger partial charge in [-0.1, -0.05) is 30.3 Å². The summed E-state index contributed by atoms with van der Waals surface area (Å²) in [5.41, 5.74) is 3.41. The molecule has 0 radical (unpaired) electrons. The van der Waals surface area contributed by atoms with E-state index in [0.717, 1.165) is 39.0 Å². The molecule has 2 aromatic rings. The molecule has 0 aliphatic carbocycles. The molecular weight excluding hydrogens is 490 g/mol. The van der Waals surface area contributed by atoms with Gasteiger partial charge in [0.2, 0.25) is 10.0 Å². The molecule has 0 saturated carbocycles. The number of fused-ring (bicyclic) bond motifs is 1. The first-order chi connectivity index (χ1) is 17.8. The minimum atomic E-state index is -3.80. The zero-order valence-corrected chi connectivity index (χ0v) is 22.9. The Morgan fingerprint density at radius 3 is 2.68 bits per heavy atom. The van der Waals surface area contributed by atoms with Crippen LogP contribution in [-0.4, -0.2) is 89.5 Å². The van der Waals surface area contributed by atoms with Crippen molar-refractivity contribution in [2.75, 3.05) is 64.9 Å². The van der Waals surface area contributed by atoms with Crippen molar-refractivity contribution in [2.45, 2.75) is 37.2 Å². The molecule has 0 bridgehead atoms. The van der Waals surface area contributed by atoms with E-state index in [1.54, 1.807) is 18.2 Å². The summed E-state index contributed by atoms with van der Waals surface area (Å²) in [6.45, 7) is 7.39. The molecular formula is C27H39N5O4S. The second-order valence-corrected chi connectivity index (χ2v) is 12.1. The third-order valence-corrected chi connectivity index (χ3v) is 8.84. The Morgan fingerprint density at radius 2 is 1.92 bits per heavy atom. The normalized spacial score (nSPS) is 18.5. The third kappa shape index (κ3) is 6.81. The van der Waals surface area contributed by atoms with Gasteiger partial charge in [0.1, 0.15) is 10.6 Å². The molecule has 0 aromatic heterocycles. The molecule has 10 heteroatoms. The van der Waals surface area contributed by atoms with Gasteiger partial charge in [0.25, 0.3) is 5.91 Å². The van der Waals surface area contributed by atoms with Crippen LogP contribution in [0.25, 0.3) is 0 Å². The van der Waals surface area contributed by atoms with Gasteiger partial charge in [0.05, 0.1) is 5.69 Å². The number of piperazine rings is 1. The summed E-state index contributed by atoms with van der Waals surface area (Å²) in [6, 6.07) is 14.0. The number of carbonyl (C=O) groups excluding carboxylic acids is 1. The number of rotatable bonds is 10. The van der Waals surface area contributed by atoms with Crippen molar-refractivity contribution in [3.05, 3.63) is 53.6 Å². The van der Waals surface area contributed by atoms with Crippen molar-refractivity contribution in [1.29, 1.82) is 0 Å². The summed E-state index contributed by atoms with van der Waals surface area (Å²) in [4.78, 5) is 17.1. The predicted molar refractivity (Wildman–Crippen MR) is 146 cm³/mol. The SMILES string of the molecule is CC1CN(c2cccc(OCC(=O)NCCCN3CCc4ccccc4C3)c2S(=O)(=O)N(C)C)CCN1. The molecule has 9 nitrogen and oxygen atoms in total. The topological polar surface area (TPSA) is 94.2 Å². The van der Waals surface area contributed by atoms with Crippen LogP contribution in [0.4, 0.5) is 5.69 Å². The van der Waals surface area contributed by atoms with Gasteiger partial charge >= 0.3 is 0 Å². The zero-order chi connectivity index (χ0) is 26.4. The van der Waals surface area contributed by atoms with Crippen molar-refractivity contribution >= 4 is 21.6 Å². The molecule has 1 amide bonds. The van der Waals surface area contributed by atoms with E-state index in [1.807, 2.05) is 0 Å². The number of hydrogen-bond donors (Lipinski definition) is 2. The largest absolute Gasteiger partial charge is 0.482 e. The number of sulfonamides is 1.